The Labute approximate surface area is 108 Å². The molecule has 0 atom stereocenters. The zero-order chi connectivity index (χ0) is 14.0. The van der Waals surface area contributed by atoms with Gasteiger partial charge in [-0.2, -0.15) is 0 Å². The molecule has 1 aromatic heterocycles. The van der Waals surface area contributed by atoms with E-state index >= 15 is 0 Å². The number of carbonyl (C=O) groups is 1. The average Bonchev–Trinajstić information content (AvgIpc) is 2.83. The predicted octanol–water partition coefficient (Wildman–Crippen LogP) is 1.42. The highest BCUT2D eigenvalue weighted by molar-refractivity contribution is 5.94. The lowest BCUT2D eigenvalue weighted by atomic mass is 10.1. The van der Waals surface area contributed by atoms with Gasteiger partial charge in [0.15, 0.2) is 0 Å². The molecule has 2 rings (SSSR count). The fraction of sp³-hybridized carbons (Fsp3) is 0.167. The van der Waals surface area contributed by atoms with Crippen LogP contribution in [-0.4, -0.2) is 30.5 Å². The van der Waals surface area contributed by atoms with Crippen molar-refractivity contribution in [1.29, 1.82) is 0 Å². The molecule has 19 heavy (non-hydrogen) atoms. The molecule has 0 saturated heterocycles. The van der Waals surface area contributed by atoms with Crippen LogP contribution in [0.4, 0.5) is 5.88 Å². The van der Waals surface area contributed by atoms with Crippen LogP contribution in [0.1, 0.15) is 10.4 Å². The van der Waals surface area contributed by atoms with Crippen LogP contribution >= 0.6 is 0 Å². The molecule has 0 aliphatic carbocycles. The van der Waals surface area contributed by atoms with E-state index in [4.69, 9.17) is 15.0 Å². The second kappa shape index (κ2) is 4.89. The molecular formula is C12H12N2O5. The van der Waals surface area contributed by atoms with Crippen molar-refractivity contribution in [2.45, 2.75) is 0 Å². The average molecular weight is 264 g/mol. The van der Waals surface area contributed by atoms with E-state index in [0.717, 1.165) is 0 Å². The topological polar surface area (TPSA) is 108 Å². The van der Waals surface area contributed by atoms with E-state index in [-0.39, 0.29) is 17.2 Å². The first-order chi connectivity index (χ1) is 9.06. The zero-order valence-electron chi connectivity index (χ0n) is 10.3. The van der Waals surface area contributed by atoms with Gasteiger partial charge in [0.05, 0.1) is 14.2 Å². The number of hydrogen-bond donors (Lipinski definition) is 2. The lowest BCUT2D eigenvalue weighted by molar-refractivity contribution is 0.0597. The molecule has 100 valence electrons. The van der Waals surface area contributed by atoms with Gasteiger partial charge in [0.25, 0.3) is 0 Å². The maximum absolute atomic E-state index is 11.5. The Morgan fingerprint density at radius 1 is 1.37 bits per heavy atom. The Hall–Kier alpha value is -2.70. The van der Waals surface area contributed by atoms with E-state index in [1.165, 1.54) is 32.4 Å². The van der Waals surface area contributed by atoms with Crippen molar-refractivity contribution in [2.24, 2.45) is 0 Å². The molecule has 0 bridgehead atoms. The first-order valence-corrected chi connectivity index (χ1v) is 5.28. The Morgan fingerprint density at radius 3 is 2.63 bits per heavy atom. The summed E-state index contributed by atoms with van der Waals surface area (Å²) >= 11 is 0. The molecule has 0 spiro atoms. The summed E-state index contributed by atoms with van der Waals surface area (Å²) in [5.74, 6) is -0.454. The number of nitrogens with zero attached hydrogens (tertiary/aromatic N) is 1. The number of rotatable bonds is 3. The molecule has 0 radical (unpaired) electrons. The molecule has 0 aliphatic rings. The van der Waals surface area contributed by atoms with Crippen LogP contribution < -0.4 is 10.5 Å². The molecule has 0 fully saturated rings. The second-order valence-electron chi connectivity index (χ2n) is 3.68. The number of aromatic hydroxyl groups is 1. The van der Waals surface area contributed by atoms with E-state index in [2.05, 4.69) is 9.89 Å². The number of phenolic OH excluding ortho intramolecular Hbond substituents is 1. The summed E-state index contributed by atoms with van der Waals surface area (Å²) in [6, 6.07) is 4.18. The van der Waals surface area contributed by atoms with Crippen LogP contribution in [0.15, 0.2) is 22.7 Å². The fourth-order valence-electron chi connectivity index (χ4n) is 1.63. The summed E-state index contributed by atoms with van der Waals surface area (Å²) in [5.41, 5.74) is 6.30. The number of anilines is 1. The van der Waals surface area contributed by atoms with Gasteiger partial charge in [-0.25, -0.2) is 4.79 Å². The maximum Gasteiger partial charge on any atom is 0.341 e. The van der Waals surface area contributed by atoms with Gasteiger partial charge in [-0.1, -0.05) is 5.16 Å². The summed E-state index contributed by atoms with van der Waals surface area (Å²) in [7, 11) is 2.65. The van der Waals surface area contributed by atoms with E-state index in [9.17, 15) is 9.90 Å². The number of ether oxygens (including phenoxy) is 2. The first-order valence-electron chi connectivity index (χ1n) is 5.28. The molecule has 0 amide bonds. The van der Waals surface area contributed by atoms with Gasteiger partial charge in [0, 0.05) is 17.7 Å². The van der Waals surface area contributed by atoms with Gasteiger partial charge in [0.1, 0.15) is 22.8 Å². The van der Waals surface area contributed by atoms with Crippen molar-refractivity contribution >= 4 is 11.9 Å². The van der Waals surface area contributed by atoms with Crippen molar-refractivity contribution in [1.82, 2.24) is 5.16 Å². The number of aromatic nitrogens is 1. The largest absolute Gasteiger partial charge is 0.507 e. The molecule has 0 unspecified atom stereocenters. The van der Waals surface area contributed by atoms with Gasteiger partial charge in [-0.05, 0) is 6.07 Å². The van der Waals surface area contributed by atoms with Crippen molar-refractivity contribution < 1.29 is 23.9 Å². The van der Waals surface area contributed by atoms with Crippen LogP contribution in [0, 0.1) is 0 Å². The second-order valence-corrected chi connectivity index (χ2v) is 3.68. The molecule has 1 heterocycles. The minimum Gasteiger partial charge on any atom is -0.507 e. The fourth-order valence-corrected chi connectivity index (χ4v) is 1.63. The lowest BCUT2D eigenvalue weighted by Gasteiger charge is -2.09. The molecule has 0 saturated carbocycles. The summed E-state index contributed by atoms with van der Waals surface area (Å²) in [4.78, 5) is 11.5. The van der Waals surface area contributed by atoms with Crippen molar-refractivity contribution in [3.8, 4) is 22.8 Å². The number of nitrogens with two attached hydrogens (primary N) is 1. The third-order valence-electron chi connectivity index (χ3n) is 2.53. The Bertz CT molecular complexity index is 621. The zero-order valence-corrected chi connectivity index (χ0v) is 10.3. The maximum atomic E-state index is 11.5. The standard InChI is InChI=1S/C12H12N2O5/c1-17-10-5-9(15)7(12(16)18-2)3-6(10)8-4-11(13)19-14-8/h3-5,15H,13H2,1-2H3. The number of methoxy groups -OCH3 is 2. The van der Waals surface area contributed by atoms with Crippen LogP contribution in [0.5, 0.6) is 11.5 Å². The normalized spacial score (nSPS) is 10.2. The van der Waals surface area contributed by atoms with Crippen LogP contribution in [0.25, 0.3) is 11.3 Å². The molecule has 1 aromatic carbocycles. The number of benzene rings is 1. The van der Waals surface area contributed by atoms with Crippen molar-refractivity contribution in [2.75, 3.05) is 20.0 Å². The van der Waals surface area contributed by atoms with E-state index in [0.29, 0.717) is 17.0 Å². The Morgan fingerprint density at radius 2 is 2.11 bits per heavy atom. The van der Waals surface area contributed by atoms with Gasteiger partial charge in [0.2, 0.25) is 5.88 Å². The smallest absolute Gasteiger partial charge is 0.341 e. The number of hydrogen-bond acceptors (Lipinski definition) is 7. The molecule has 0 aliphatic heterocycles. The van der Waals surface area contributed by atoms with Crippen molar-refractivity contribution in [3.05, 3.63) is 23.8 Å². The summed E-state index contributed by atoms with van der Waals surface area (Å²) in [5, 5.41) is 13.5. The highest BCUT2D eigenvalue weighted by atomic mass is 16.5. The van der Waals surface area contributed by atoms with E-state index < -0.39 is 5.97 Å². The molecule has 3 N–H and O–H groups in total. The number of phenols is 1. The third-order valence-corrected chi connectivity index (χ3v) is 2.53. The minimum absolute atomic E-state index is 0.000119. The lowest BCUT2D eigenvalue weighted by Crippen LogP contribution is -2.02. The number of nitrogen functional groups attached to an aromatic ring is 1. The van der Waals surface area contributed by atoms with Gasteiger partial charge >= 0.3 is 5.97 Å². The predicted molar refractivity (Wildman–Crippen MR) is 65.9 cm³/mol. The summed E-state index contributed by atoms with van der Waals surface area (Å²) < 4.78 is 14.5. The number of esters is 1. The minimum atomic E-state index is -0.669. The van der Waals surface area contributed by atoms with E-state index in [1.54, 1.807) is 0 Å². The van der Waals surface area contributed by atoms with Crippen LogP contribution in [0.2, 0.25) is 0 Å². The highest BCUT2D eigenvalue weighted by Gasteiger charge is 2.19. The molecule has 7 nitrogen and oxygen atoms in total. The van der Waals surface area contributed by atoms with Crippen molar-refractivity contribution in [3.63, 3.8) is 0 Å². The van der Waals surface area contributed by atoms with Gasteiger partial charge < -0.3 is 24.8 Å². The highest BCUT2D eigenvalue weighted by Crippen LogP contribution is 2.35. The summed E-state index contributed by atoms with van der Waals surface area (Å²) in [6.45, 7) is 0. The van der Waals surface area contributed by atoms with Gasteiger partial charge in [-0.3, -0.25) is 0 Å². The quantitative estimate of drug-likeness (QED) is 0.807. The van der Waals surface area contributed by atoms with Crippen LogP contribution in [-0.2, 0) is 4.74 Å². The Balaban J connectivity index is 2.61. The van der Waals surface area contributed by atoms with Crippen LogP contribution in [0.3, 0.4) is 0 Å². The third kappa shape index (κ3) is 2.30. The molecule has 7 heteroatoms. The van der Waals surface area contributed by atoms with E-state index in [1.807, 2.05) is 0 Å². The molecular weight excluding hydrogens is 252 g/mol. The first kappa shape index (κ1) is 12.7. The summed E-state index contributed by atoms with van der Waals surface area (Å²) in [6.07, 6.45) is 0. The monoisotopic (exact) mass is 264 g/mol. The Kier molecular flexibility index (Phi) is 3.28. The van der Waals surface area contributed by atoms with Gasteiger partial charge in [-0.15, -0.1) is 0 Å². The number of carbonyl (C=O) groups excluding carboxylic acids is 1. The molecule has 2 aromatic rings. The SMILES string of the molecule is COC(=O)c1cc(-c2cc(N)on2)c(OC)cc1O.